The minimum Gasteiger partial charge on any atom is -0.490 e. The molecule has 6 heteroatoms. The number of ether oxygens (including phenoxy) is 2. The Hall–Kier alpha value is -2.08. The van der Waals surface area contributed by atoms with E-state index in [4.69, 9.17) is 9.47 Å². The van der Waals surface area contributed by atoms with Crippen molar-refractivity contribution in [2.24, 2.45) is 5.92 Å². The molecule has 2 amide bonds. The molecular weight excluding hydrogens is 320 g/mol. The van der Waals surface area contributed by atoms with Crippen LogP contribution >= 0.6 is 0 Å². The van der Waals surface area contributed by atoms with Gasteiger partial charge in [0.15, 0.2) is 0 Å². The maximum atomic E-state index is 12.6. The van der Waals surface area contributed by atoms with Crippen LogP contribution in [0.4, 0.5) is 5.69 Å². The molecular formula is C19H26N2O4. The predicted molar refractivity (Wildman–Crippen MR) is 94.7 cm³/mol. The Morgan fingerprint density at radius 1 is 1.24 bits per heavy atom. The molecule has 0 aliphatic carbocycles. The van der Waals surface area contributed by atoms with Gasteiger partial charge in [-0.25, -0.2) is 0 Å². The second-order valence-corrected chi connectivity index (χ2v) is 6.52. The predicted octanol–water partition coefficient (Wildman–Crippen LogP) is 2.08. The normalized spacial score (nSPS) is 19.2. The summed E-state index contributed by atoms with van der Waals surface area (Å²) in [5.74, 6) is 1.17. The van der Waals surface area contributed by atoms with Gasteiger partial charge in [-0.2, -0.15) is 0 Å². The molecule has 6 nitrogen and oxygen atoms in total. The Kier molecular flexibility index (Phi) is 5.91. The number of nitrogens with zero attached hydrogens (tertiary/aromatic N) is 2. The van der Waals surface area contributed by atoms with E-state index in [2.05, 4.69) is 0 Å². The lowest BCUT2D eigenvalue weighted by molar-refractivity contribution is -0.133. The summed E-state index contributed by atoms with van der Waals surface area (Å²) in [7, 11) is 0. The molecule has 0 spiro atoms. The lowest BCUT2D eigenvalue weighted by atomic mass is 10.1. The fourth-order valence-corrected chi connectivity index (χ4v) is 3.38. The maximum absolute atomic E-state index is 12.6. The van der Waals surface area contributed by atoms with Crippen LogP contribution in [0.5, 0.6) is 5.75 Å². The highest BCUT2D eigenvalue weighted by molar-refractivity contribution is 5.97. The zero-order chi connectivity index (χ0) is 17.6. The van der Waals surface area contributed by atoms with Crippen LogP contribution in [0, 0.1) is 5.92 Å². The van der Waals surface area contributed by atoms with Crippen molar-refractivity contribution in [1.29, 1.82) is 0 Å². The Morgan fingerprint density at radius 3 is 2.84 bits per heavy atom. The Bertz CT molecular complexity index is 613. The molecule has 1 atom stereocenters. The van der Waals surface area contributed by atoms with Crippen LogP contribution in [-0.2, 0) is 14.3 Å². The topological polar surface area (TPSA) is 59.1 Å². The molecule has 2 aliphatic rings. The highest BCUT2D eigenvalue weighted by Crippen LogP contribution is 2.31. The van der Waals surface area contributed by atoms with Crippen molar-refractivity contribution in [2.45, 2.75) is 26.2 Å². The standard InChI is InChI=1S/C19H26N2O4/c1-2-20(13-15-9-11-24-14-15)18(22)7-8-19(23)21-10-12-25-17-6-4-3-5-16(17)21/h3-6,15H,2,7-14H2,1H3. The van der Waals surface area contributed by atoms with Gasteiger partial charge in [-0.3, -0.25) is 9.59 Å². The van der Waals surface area contributed by atoms with Crippen LogP contribution in [0.3, 0.4) is 0 Å². The number of para-hydroxylation sites is 2. The number of carbonyl (C=O) groups is 2. The van der Waals surface area contributed by atoms with Gasteiger partial charge in [0.2, 0.25) is 11.8 Å². The number of carbonyl (C=O) groups excluding carboxylic acids is 2. The van der Waals surface area contributed by atoms with E-state index in [9.17, 15) is 9.59 Å². The van der Waals surface area contributed by atoms with E-state index in [0.717, 1.165) is 37.6 Å². The Labute approximate surface area is 148 Å². The van der Waals surface area contributed by atoms with Gasteiger partial charge in [-0.05, 0) is 25.5 Å². The molecule has 0 N–H and O–H groups in total. The second-order valence-electron chi connectivity index (χ2n) is 6.52. The second kappa shape index (κ2) is 8.34. The summed E-state index contributed by atoms with van der Waals surface area (Å²) in [6.45, 7) is 5.90. The summed E-state index contributed by atoms with van der Waals surface area (Å²) in [4.78, 5) is 28.7. The van der Waals surface area contributed by atoms with E-state index >= 15 is 0 Å². The molecule has 1 saturated heterocycles. The largest absolute Gasteiger partial charge is 0.490 e. The number of hydrogen-bond donors (Lipinski definition) is 0. The molecule has 0 bridgehead atoms. The summed E-state index contributed by atoms with van der Waals surface area (Å²) in [5, 5.41) is 0. The molecule has 0 saturated carbocycles. The molecule has 0 aromatic heterocycles. The zero-order valence-corrected chi connectivity index (χ0v) is 14.8. The average molecular weight is 346 g/mol. The summed E-state index contributed by atoms with van der Waals surface area (Å²) >= 11 is 0. The van der Waals surface area contributed by atoms with Gasteiger partial charge in [-0.15, -0.1) is 0 Å². The van der Waals surface area contributed by atoms with Crippen molar-refractivity contribution >= 4 is 17.5 Å². The van der Waals surface area contributed by atoms with Crippen LogP contribution < -0.4 is 9.64 Å². The van der Waals surface area contributed by atoms with Crippen LogP contribution in [-0.4, -0.2) is 56.2 Å². The van der Waals surface area contributed by atoms with Gasteiger partial charge in [0.05, 0.1) is 18.8 Å². The minimum atomic E-state index is -0.0237. The number of anilines is 1. The van der Waals surface area contributed by atoms with Gasteiger partial charge in [0.25, 0.3) is 0 Å². The lowest BCUT2D eigenvalue weighted by Crippen LogP contribution is -2.39. The van der Waals surface area contributed by atoms with Gasteiger partial charge >= 0.3 is 0 Å². The third kappa shape index (κ3) is 4.31. The van der Waals surface area contributed by atoms with E-state index in [1.54, 1.807) is 4.90 Å². The first kappa shape index (κ1) is 17.7. The molecule has 2 aliphatic heterocycles. The van der Waals surface area contributed by atoms with Crippen molar-refractivity contribution in [1.82, 2.24) is 4.90 Å². The van der Waals surface area contributed by atoms with Gasteiger partial charge < -0.3 is 19.3 Å². The fraction of sp³-hybridized carbons (Fsp3) is 0.579. The first-order valence-electron chi connectivity index (χ1n) is 9.06. The third-order valence-corrected chi connectivity index (χ3v) is 4.82. The average Bonchev–Trinajstić information content (AvgIpc) is 3.16. The lowest BCUT2D eigenvalue weighted by Gasteiger charge is -2.30. The SMILES string of the molecule is CCN(CC1CCOC1)C(=O)CCC(=O)N1CCOc2ccccc21. The van der Waals surface area contributed by atoms with Crippen LogP contribution in [0.25, 0.3) is 0 Å². The number of benzene rings is 1. The van der Waals surface area contributed by atoms with Crippen LogP contribution in [0.15, 0.2) is 24.3 Å². The smallest absolute Gasteiger partial charge is 0.227 e. The van der Waals surface area contributed by atoms with Gasteiger partial charge in [0, 0.05) is 38.5 Å². The maximum Gasteiger partial charge on any atom is 0.227 e. The molecule has 1 aromatic rings. The van der Waals surface area contributed by atoms with Crippen molar-refractivity contribution in [3.05, 3.63) is 24.3 Å². The fourth-order valence-electron chi connectivity index (χ4n) is 3.38. The molecule has 0 radical (unpaired) electrons. The Morgan fingerprint density at radius 2 is 2.08 bits per heavy atom. The summed E-state index contributed by atoms with van der Waals surface area (Å²) in [6, 6.07) is 7.53. The number of rotatable bonds is 6. The summed E-state index contributed by atoms with van der Waals surface area (Å²) in [6.07, 6.45) is 1.48. The van der Waals surface area contributed by atoms with E-state index in [-0.39, 0.29) is 24.7 Å². The molecule has 136 valence electrons. The highest BCUT2D eigenvalue weighted by Gasteiger charge is 2.25. The van der Waals surface area contributed by atoms with E-state index in [1.165, 1.54) is 0 Å². The van der Waals surface area contributed by atoms with Gasteiger partial charge in [-0.1, -0.05) is 12.1 Å². The first-order chi connectivity index (χ1) is 12.2. The minimum absolute atomic E-state index is 0.0237. The molecule has 3 rings (SSSR count). The summed E-state index contributed by atoms with van der Waals surface area (Å²) < 4.78 is 11.0. The quantitative estimate of drug-likeness (QED) is 0.791. The van der Waals surface area contributed by atoms with E-state index < -0.39 is 0 Å². The number of hydrogen-bond acceptors (Lipinski definition) is 4. The van der Waals surface area contributed by atoms with Crippen LogP contribution in [0.1, 0.15) is 26.2 Å². The van der Waals surface area contributed by atoms with Gasteiger partial charge in [0.1, 0.15) is 12.4 Å². The van der Waals surface area contributed by atoms with Crippen molar-refractivity contribution in [3.8, 4) is 5.75 Å². The molecule has 1 unspecified atom stereocenters. The van der Waals surface area contributed by atoms with Crippen molar-refractivity contribution in [2.75, 3.05) is 44.4 Å². The summed E-state index contributed by atoms with van der Waals surface area (Å²) in [5.41, 5.74) is 0.793. The molecule has 2 heterocycles. The van der Waals surface area contributed by atoms with Crippen molar-refractivity contribution in [3.63, 3.8) is 0 Å². The molecule has 1 fully saturated rings. The third-order valence-electron chi connectivity index (χ3n) is 4.82. The zero-order valence-electron chi connectivity index (χ0n) is 14.8. The Balaban J connectivity index is 1.54. The van der Waals surface area contributed by atoms with Crippen molar-refractivity contribution < 1.29 is 19.1 Å². The highest BCUT2D eigenvalue weighted by atomic mass is 16.5. The molecule has 25 heavy (non-hydrogen) atoms. The van der Waals surface area contributed by atoms with Crippen LogP contribution in [0.2, 0.25) is 0 Å². The van der Waals surface area contributed by atoms with E-state index in [0.29, 0.717) is 25.6 Å². The number of fused-ring (bicyclic) bond motifs is 1. The monoisotopic (exact) mass is 346 g/mol. The van der Waals surface area contributed by atoms with E-state index in [1.807, 2.05) is 36.1 Å². The number of amides is 2. The first-order valence-corrected chi connectivity index (χ1v) is 9.06. The molecule has 1 aromatic carbocycles.